The quantitative estimate of drug-likeness (QED) is 0.462. The molecule has 0 aliphatic heterocycles. The largest absolute Gasteiger partial charge is 0.456 e. The third kappa shape index (κ3) is 3.96. The van der Waals surface area contributed by atoms with Gasteiger partial charge in [-0.3, -0.25) is 23.5 Å². The van der Waals surface area contributed by atoms with Gasteiger partial charge in [0.05, 0.1) is 10.9 Å². The van der Waals surface area contributed by atoms with Crippen molar-refractivity contribution < 1.29 is 14.3 Å². The van der Waals surface area contributed by atoms with E-state index in [-0.39, 0.29) is 12.3 Å². The van der Waals surface area contributed by atoms with E-state index in [9.17, 15) is 19.2 Å². The SMILES string of the molecule is CCn1c(=O)c2ccccc2n(CC(=O)OCC(=O)c2cc(C)c(C)cc2C)c1=O. The van der Waals surface area contributed by atoms with Gasteiger partial charge >= 0.3 is 11.7 Å². The Morgan fingerprint density at radius 1 is 0.933 bits per heavy atom. The second kappa shape index (κ2) is 8.49. The number of Topliss-reactive ketones (excluding diaryl/α,β-unsaturated/α-hetero) is 1. The van der Waals surface area contributed by atoms with E-state index in [2.05, 4.69) is 0 Å². The Bertz CT molecular complexity index is 1270. The van der Waals surface area contributed by atoms with Gasteiger partial charge in [0.15, 0.2) is 6.61 Å². The van der Waals surface area contributed by atoms with Crippen LogP contribution in [0, 0.1) is 20.8 Å². The highest BCUT2D eigenvalue weighted by atomic mass is 16.5. The van der Waals surface area contributed by atoms with Gasteiger partial charge in [-0.2, -0.15) is 0 Å². The van der Waals surface area contributed by atoms with Crippen LogP contribution in [0.1, 0.15) is 34.0 Å². The molecule has 0 amide bonds. The normalized spacial score (nSPS) is 10.9. The number of fused-ring (bicyclic) bond motifs is 1. The van der Waals surface area contributed by atoms with E-state index < -0.39 is 30.4 Å². The Kier molecular flexibility index (Phi) is 6.01. The number of benzene rings is 2. The topological polar surface area (TPSA) is 87.4 Å². The molecule has 0 bridgehead atoms. The third-order valence-electron chi connectivity index (χ3n) is 5.24. The summed E-state index contributed by atoms with van der Waals surface area (Å²) in [5, 5.41) is 0.341. The molecule has 30 heavy (non-hydrogen) atoms. The van der Waals surface area contributed by atoms with E-state index in [0.717, 1.165) is 21.3 Å². The van der Waals surface area contributed by atoms with Crippen molar-refractivity contribution in [1.29, 1.82) is 0 Å². The van der Waals surface area contributed by atoms with Gasteiger partial charge in [0.25, 0.3) is 5.56 Å². The molecule has 0 fully saturated rings. The fourth-order valence-corrected chi connectivity index (χ4v) is 3.46. The van der Waals surface area contributed by atoms with Gasteiger partial charge in [-0.25, -0.2) is 4.79 Å². The lowest BCUT2D eigenvalue weighted by atomic mass is 9.98. The van der Waals surface area contributed by atoms with E-state index in [4.69, 9.17) is 4.74 Å². The fraction of sp³-hybridized carbons (Fsp3) is 0.304. The summed E-state index contributed by atoms with van der Waals surface area (Å²) in [7, 11) is 0. The number of aromatic nitrogens is 2. The second-order valence-electron chi connectivity index (χ2n) is 7.27. The maximum absolute atomic E-state index is 12.7. The summed E-state index contributed by atoms with van der Waals surface area (Å²) in [6.45, 7) is 6.78. The molecule has 2 aromatic carbocycles. The Morgan fingerprint density at radius 3 is 2.30 bits per heavy atom. The summed E-state index contributed by atoms with van der Waals surface area (Å²) >= 11 is 0. The van der Waals surface area contributed by atoms with Crippen LogP contribution >= 0.6 is 0 Å². The maximum atomic E-state index is 12.7. The molecule has 0 radical (unpaired) electrons. The lowest BCUT2D eigenvalue weighted by molar-refractivity contribution is -0.143. The van der Waals surface area contributed by atoms with E-state index in [1.807, 2.05) is 26.8 Å². The summed E-state index contributed by atoms with van der Waals surface area (Å²) < 4.78 is 7.43. The molecular formula is C23H24N2O5. The van der Waals surface area contributed by atoms with Crippen molar-refractivity contribution in [2.75, 3.05) is 6.61 Å². The maximum Gasteiger partial charge on any atom is 0.332 e. The molecular weight excluding hydrogens is 384 g/mol. The molecule has 0 aliphatic carbocycles. The Morgan fingerprint density at radius 2 is 1.60 bits per heavy atom. The second-order valence-corrected chi connectivity index (χ2v) is 7.27. The monoisotopic (exact) mass is 408 g/mol. The minimum atomic E-state index is -0.724. The number of esters is 1. The van der Waals surface area contributed by atoms with Crippen molar-refractivity contribution in [3.05, 3.63) is 79.5 Å². The Hall–Kier alpha value is -3.48. The van der Waals surface area contributed by atoms with Crippen molar-refractivity contribution in [2.45, 2.75) is 40.8 Å². The summed E-state index contributed by atoms with van der Waals surface area (Å²) in [6, 6.07) is 10.3. The third-order valence-corrected chi connectivity index (χ3v) is 5.24. The molecule has 7 heteroatoms. The van der Waals surface area contributed by atoms with Crippen LogP contribution in [-0.4, -0.2) is 27.5 Å². The van der Waals surface area contributed by atoms with Gasteiger partial charge in [-0.1, -0.05) is 18.2 Å². The average Bonchev–Trinajstić information content (AvgIpc) is 2.72. The van der Waals surface area contributed by atoms with Crippen LogP contribution in [-0.2, 0) is 22.6 Å². The van der Waals surface area contributed by atoms with Gasteiger partial charge in [0, 0.05) is 12.1 Å². The minimum absolute atomic E-state index is 0.183. The molecule has 156 valence electrons. The molecule has 3 aromatic rings. The van der Waals surface area contributed by atoms with Crippen LogP contribution in [0.25, 0.3) is 10.9 Å². The summed E-state index contributed by atoms with van der Waals surface area (Å²) in [5.41, 5.74) is 2.75. The standard InChI is InChI=1S/C23H24N2O5/c1-5-24-22(28)17-8-6-7-9-19(17)25(23(24)29)12-21(27)30-13-20(26)18-11-15(3)14(2)10-16(18)4/h6-11H,5,12-13H2,1-4H3. The van der Waals surface area contributed by atoms with Crippen molar-refractivity contribution in [3.8, 4) is 0 Å². The molecule has 0 aliphatic rings. The van der Waals surface area contributed by atoms with Crippen molar-refractivity contribution in [1.82, 2.24) is 9.13 Å². The minimum Gasteiger partial charge on any atom is -0.456 e. The van der Waals surface area contributed by atoms with Crippen molar-refractivity contribution >= 4 is 22.7 Å². The zero-order chi connectivity index (χ0) is 22.0. The van der Waals surface area contributed by atoms with Gasteiger partial charge in [-0.05, 0) is 62.6 Å². The smallest absolute Gasteiger partial charge is 0.332 e. The highest BCUT2D eigenvalue weighted by molar-refractivity contribution is 5.99. The molecule has 3 rings (SSSR count). The molecule has 0 spiro atoms. The molecule has 1 aromatic heterocycles. The van der Waals surface area contributed by atoms with E-state index in [0.29, 0.717) is 16.5 Å². The number of carbonyl (C=O) groups excluding carboxylic acids is 2. The highest BCUT2D eigenvalue weighted by Crippen LogP contribution is 2.16. The predicted molar refractivity (Wildman–Crippen MR) is 114 cm³/mol. The van der Waals surface area contributed by atoms with E-state index >= 15 is 0 Å². The van der Waals surface area contributed by atoms with Gasteiger partial charge < -0.3 is 4.74 Å². The van der Waals surface area contributed by atoms with E-state index in [1.165, 1.54) is 4.57 Å². The number of aryl methyl sites for hydroxylation is 3. The number of ketones is 1. The number of carbonyl (C=O) groups is 2. The first-order valence-electron chi connectivity index (χ1n) is 9.73. The van der Waals surface area contributed by atoms with Crippen LogP contribution in [0.2, 0.25) is 0 Å². The van der Waals surface area contributed by atoms with E-state index in [1.54, 1.807) is 37.3 Å². The number of para-hydroxylation sites is 1. The number of nitrogens with zero attached hydrogens (tertiary/aromatic N) is 2. The summed E-state index contributed by atoms with van der Waals surface area (Å²) in [4.78, 5) is 50.1. The Balaban J connectivity index is 1.83. The zero-order valence-corrected chi connectivity index (χ0v) is 17.5. The lowest BCUT2D eigenvalue weighted by Crippen LogP contribution is -2.41. The number of ether oxygens (including phenoxy) is 1. The molecule has 0 saturated carbocycles. The van der Waals surface area contributed by atoms with Gasteiger partial charge in [-0.15, -0.1) is 0 Å². The highest BCUT2D eigenvalue weighted by Gasteiger charge is 2.17. The molecule has 0 saturated heterocycles. The molecule has 1 heterocycles. The average molecular weight is 408 g/mol. The van der Waals surface area contributed by atoms with Crippen LogP contribution < -0.4 is 11.2 Å². The van der Waals surface area contributed by atoms with Crippen LogP contribution in [0.5, 0.6) is 0 Å². The first-order valence-corrected chi connectivity index (χ1v) is 9.73. The first-order chi connectivity index (χ1) is 14.2. The summed E-state index contributed by atoms with van der Waals surface area (Å²) in [6.07, 6.45) is 0. The lowest BCUT2D eigenvalue weighted by Gasteiger charge is -2.13. The molecule has 0 unspecified atom stereocenters. The predicted octanol–water partition coefficient (Wildman–Crippen LogP) is 2.53. The van der Waals surface area contributed by atoms with Crippen molar-refractivity contribution in [3.63, 3.8) is 0 Å². The van der Waals surface area contributed by atoms with Crippen molar-refractivity contribution in [2.24, 2.45) is 0 Å². The number of rotatable bonds is 6. The van der Waals surface area contributed by atoms with Crippen LogP contribution in [0.3, 0.4) is 0 Å². The summed E-state index contributed by atoms with van der Waals surface area (Å²) in [5.74, 6) is -1.03. The first kappa shape index (κ1) is 21.2. The number of hydrogen-bond acceptors (Lipinski definition) is 5. The Labute approximate surface area is 173 Å². The fourth-order valence-electron chi connectivity index (χ4n) is 3.46. The zero-order valence-electron chi connectivity index (χ0n) is 17.5. The number of hydrogen-bond donors (Lipinski definition) is 0. The molecule has 7 nitrogen and oxygen atoms in total. The van der Waals surface area contributed by atoms with Gasteiger partial charge in [0.2, 0.25) is 5.78 Å². The van der Waals surface area contributed by atoms with Crippen LogP contribution in [0.15, 0.2) is 46.0 Å². The molecule has 0 N–H and O–H groups in total. The molecule has 0 atom stereocenters. The van der Waals surface area contributed by atoms with Crippen LogP contribution in [0.4, 0.5) is 0 Å². The van der Waals surface area contributed by atoms with Gasteiger partial charge in [0.1, 0.15) is 6.54 Å².